The zero-order valence-electron chi connectivity index (χ0n) is 18.4. The van der Waals surface area contributed by atoms with Gasteiger partial charge in [0.05, 0.1) is 26.3 Å². The molecule has 0 saturated heterocycles. The van der Waals surface area contributed by atoms with Crippen LogP contribution in [0, 0.1) is 0 Å². The molecule has 0 unspecified atom stereocenters. The number of amides is 1. The molecule has 0 aliphatic rings. The van der Waals surface area contributed by atoms with Crippen molar-refractivity contribution in [2.24, 2.45) is 0 Å². The lowest BCUT2D eigenvalue weighted by atomic mass is 10.0. The molecule has 0 fully saturated rings. The van der Waals surface area contributed by atoms with Crippen molar-refractivity contribution < 1.29 is 23.5 Å². The molecule has 0 bridgehead atoms. The van der Waals surface area contributed by atoms with Crippen molar-refractivity contribution in [1.82, 2.24) is 15.0 Å². The van der Waals surface area contributed by atoms with Gasteiger partial charge >= 0.3 is 0 Å². The third kappa shape index (κ3) is 5.53. The topological polar surface area (TPSA) is 86.9 Å². The van der Waals surface area contributed by atoms with Gasteiger partial charge in [-0.3, -0.25) is 4.79 Å². The Labute approximate surface area is 181 Å². The Balaban J connectivity index is 1.59. The molecule has 31 heavy (non-hydrogen) atoms. The zero-order valence-corrected chi connectivity index (χ0v) is 18.4. The molecule has 2 aromatic carbocycles. The summed E-state index contributed by atoms with van der Waals surface area (Å²) in [6, 6.07) is 13.1. The van der Waals surface area contributed by atoms with Crippen LogP contribution in [0.1, 0.15) is 31.2 Å². The lowest BCUT2D eigenvalue weighted by Gasteiger charge is -2.15. The highest BCUT2D eigenvalue weighted by atomic mass is 16.5. The standard InChI is InChI=1S/C23H27N3O5/c1-15(2)16-6-8-17(9-7-16)30-14-22(27)26(3)13-21-24-23(25-31-21)19-11-10-18(28-4)12-20(19)29-5/h6-12,15H,13-14H2,1-5H3. The van der Waals surface area contributed by atoms with E-state index in [1.165, 1.54) is 10.5 Å². The fraction of sp³-hybridized carbons (Fsp3) is 0.348. The van der Waals surface area contributed by atoms with Crippen LogP contribution in [0.15, 0.2) is 47.0 Å². The summed E-state index contributed by atoms with van der Waals surface area (Å²) < 4.78 is 21.5. The van der Waals surface area contributed by atoms with Gasteiger partial charge < -0.3 is 23.6 Å². The maximum atomic E-state index is 12.4. The average Bonchev–Trinajstić information content (AvgIpc) is 3.25. The Kier molecular flexibility index (Phi) is 7.12. The van der Waals surface area contributed by atoms with Gasteiger partial charge in [0, 0.05) is 13.1 Å². The summed E-state index contributed by atoms with van der Waals surface area (Å²) in [7, 11) is 4.80. The number of benzene rings is 2. The summed E-state index contributed by atoms with van der Waals surface area (Å²) in [5.41, 5.74) is 1.89. The largest absolute Gasteiger partial charge is 0.497 e. The SMILES string of the molecule is COc1ccc(-c2noc(CN(C)C(=O)COc3ccc(C(C)C)cc3)n2)c(OC)c1. The average molecular weight is 425 g/mol. The summed E-state index contributed by atoms with van der Waals surface area (Å²) in [5.74, 6) is 2.80. The van der Waals surface area contributed by atoms with Crippen LogP contribution in [0.25, 0.3) is 11.4 Å². The molecule has 0 N–H and O–H groups in total. The molecule has 1 amide bonds. The van der Waals surface area contributed by atoms with E-state index in [0.29, 0.717) is 40.4 Å². The van der Waals surface area contributed by atoms with E-state index in [4.69, 9.17) is 18.7 Å². The van der Waals surface area contributed by atoms with Gasteiger partial charge in [-0.15, -0.1) is 0 Å². The van der Waals surface area contributed by atoms with Crippen molar-refractivity contribution in [3.05, 3.63) is 53.9 Å². The summed E-state index contributed by atoms with van der Waals surface area (Å²) in [5, 5.41) is 4.00. The van der Waals surface area contributed by atoms with E-state index in [2.05, 4.69) is 24.0 Å². The van der Waals surface area contributed by atoms with E-state index >= 15 is 0 Å². The third-order valence-electron chi connectivity index (χ3n) is 4.82. The molecular formula is C23H27N3O5. The van der Waals surface area contributed by atoms with Crippen LogP contribution in [0.3, 0.4) is 0 Å². The number of carbonyl (C=O) groups excluding carboxylic acids is 1. The lowest BCUT2D eigenvalue weighted by molar-refractivity contribution is -0.132. The van der Waals surface area contributed by atoms with E-state index in [9.17, 15) is 4.79 Å². The fourth-order valence-corrected chi connectivity index (χ4v) is 2.91. The van der Waals surface area contributed by atoms with Gasteiger partial charge in [0.25, 0.3) is 5.91 Å². The summed E-state index contributed by atoms with van der Waals surface area (Å²) >= 11 is 0. The predicted molar refractivity (Wildman–Crippen MR) is 115 cm³/mol. The van der Waals surface area contributed by atoms with Gasteiger partial charge in [0.2, 0.25) is 11.7 Å². The minimum atomic E-state index is -0.199. The molecule has 0 aliphatic carbocycles. The van der Waals surface area contributed by atoms with Crippen LogP contribution < -0.4 is 14.2 Å². The minimum Gasteiger partial charge on any atom is -0.497 e. The quantitative estimate of drug-likeness (QED) is 0.514. The maximum absolute atomic E-state index is 12.4. The lowest BCUT2D eigenvalue weighted by Crippen LogP contribution is -2.31. The number of hydrogen-bond acceptors (Lipinski definition) is 7. The monoisotopic (exact) mass is 425 g/mol. The van der Waals surface area contributed by atoms with Crippen molar-refractivity contribution in [2.45, 2.75) is 26.3 Å². The molecule has 8 nitrogen and oxygen atoms in total. The molecule has 164 valence electrons. The van der Waals surface area contributed by atoms with E-state index in [1.807, 2.05) is 24.3 Å². The predicted octanol–water partition coefficient (Wildman–Crippen LogP) is 3.91. The number of hydrogen-bond donors (Lipinski definition) is 0. The van der Waals surface area contributed by atoms with Crippen LogP contribution in [-0.2, 0) is 11.3 Å². The van der Waals surface area contributed by atoms with Crippen LogP contribution in [0.4, 0.5) is 0 Å². The Bertz CT molecular complexity index is 1010. The van der Waals surface area contributed by atoms with Gasteiger partial charge in [-0.05, 0) is 35.7 Å². The van der Waals surface area contributed by atoms with Crippen molar-refractivity contribution >= 4 is 5.91 Å². The van der Waals surface area contributed by atoms with Crippen molar-refractivity contribution in [3.63, 3.8) is 0 Å². The minimum absolute atomic E-state index is 0.0785. The number of likely N-dealkylation sites (N-methyl/N-ethyl adjacent to an activating group) is 1. The van der Waals surface area contributed by atoms with Gasteiger partial charge in [0.15, 0.2) is 6.61 Å². The first-order valence-corrected chi connectivity index (χ1v) is 9.93. The fourth-order valence-electron chi connectivity index (χ4n) is 2.91. The summed E-state index contributed by atoms with van der Waals surface area (Å²) in [6.45, 7) is 4.34. The molecule has 3 aromatic rings. The number of nitrogens with zero attached hydrogens (tertiary/aromatic N) is 3. The van der Waals surface area contributed by atoms with E-state index < -0.39 is 0 Å². The first-order valence-electron chi connectivity index (χ1n) is 9.93. The normalized spacial score (nSPS) is 10.8. The first kappa shape index (κ1) is 22.1. The van der Waals surface area contributed by atoms with Gasteiger partial charge in [-0.2, -0.15) is 4.98 Å². The second-order valence-corrected chi connectivity index (χ2v) is 7.34. The van der Waals surface area contributed by atoms with Crippen molar-refractivity contribution in [3.8, 4) is 28.6 Å². The van der Waals surface area contributed by atoms with Crippen molar-refractivity contribution in [2.75, 3.05) is 27.9 Å². The Morgan fingerprint density at radius 3 is 2.42 bits per heavy atom. The third-order valence-corrected chi connectivity index (χ3v) is 4.82. The highest BCUT2D eigenvalue weighted by Crippen LogP contribution is 2.31. The smallest absolute Gasteiger partial charge is 0.260 e. The van der Waals surface area contributed by atoms with Crippen LogP contribution >= 0.6 is 0 Å². The molecule has 0 atom stereocenters. The number of ether oxygens (including phenoxy) is 3. The zero-order chi connectivity index (χ0) is 22.4. The first-order chi connectivity index (χ1) is 14.9. The van der Waals surface area contributed by atoms with Gasteiger partial charge in [0.1, 0.15) is 17.2 Å². The van der Waals surface area contributed by atoms with Crippen LogP contribution in [0.5, 0.6) is 17.2 Å². The van der Waals surface area contributed by atoms with Gasteiger partial charge in [-0.25, -0.2) is 0 Å². The molecular weight excluding hydrogens is 398 g/mol. The number of aromatic nitrogens is 2. The van der Waals surface area contributed by atoms with Crippen LogP contribution in [0.2, 0.25) is 0 Å². The highest BCUT2D eigenvalue weighted by molar-refractivity contribution is 5.77. The Hall–Kier alpha value is -3.55. The highest BCUT2D eigenvalue weighted by Gasteiger charge is 2.17. The Morgan fingerprint density at radius 2 is 1.77 bits per heavy atom. The van der Waals surface area contributed by atoms with E-state index in [-0.39, 0.29) is 19.1 Å². The number of carbonyl (C=O) groups is 1. The molecule has 0 radical (unpaired) electrons. The number of rotatable bonds is 9. The molecule has 1 heterocycles. The molecule has 8 heteroatoms. The van der Waals surface area contributed by atoms with Crippen molar-refractivity contribution in [1.29, 1.82) is 0 Å². The Morgan fingerprint density at radius 1 is 1.06 bits per heavy atom. The molecule has 0 aliphatic heterocycles. The maximum Gasteiger partial charge on any atom is 0.260 e. The number of methoxy groups -OCH3 is 2. The summed E-state index contributed by atoms with van der Waals surface area (Å²) in [4.78, 5) is 18.3. The molecule has 1 aromatic heterocycles. The summed E-state index contributed by atoms with van der Waals surface area (Å²) in [6.07, 6.45) is 0. The second-order valence-electron chi connectivity index (χ2n) is 7.34. The molecule has 0 spiro atoms. The second kappa shape index (κ2) is 9.97. The van der Waals surface area contributed by atoms with E-state index in [0.717, 1.165) is 0 Å². The van der Waals surface area contributed by atoms with Crippen LogP contribution in [-0.4, -0.2) is 48.8 Å². The molecule has 3 rings (SSSR count). The van der Waals surface area contributed by atoms with Gasteiger partial charge in [-0.1, -0.05) is 31.1 Å². The molecule has 0 saturated carbocycles. The van der Waals surface area contributed by atoms with E-state index in [1.54, 1.807) is 39.5 Å².